The Balaban J connectivity index is 1.33. The van der Waals surface area contributed by atoms with Crippen molar-refractivity contribution in [2.24, 2.45) is 0 Å². The number of hydrogen-bond acceptors (Lipinski definition) is 5. The summed E-state index contributed by atoms with van der Waals surface area (Å²) in [6, 6.07) is 8.08. The molecule has 27 heavy (non-hydrogen) atoms. The molecule has 0 aliphatic carbocycles. The van der Waals surface area contributed by atoms with Crippen molar-refractivity contribution in [2.75, 3.05) is 12.3 Å². The molecular weight excluding hydrogens is 346 g/mol. The topological polar surface area (TPSA) is 134 Å². The summed E-state index contributed by atoms with van der Waals surface area (Å²) in [6.07, 6.45) is 4.47. The first-order valence-corrected chi connectivity index (χ1v) is 8.64. The van der Waals surface area contributed by atoms with Gasteiger partial charge in [0.2, 0.25) is 11.9 Å². The maximum absolute atomic E-state index is 12.1. The van der Waals surface area contributed by atoms with Crippen molar-refractivity contribution in [1.82, 2.24) is 29.8 Å². The van der Waals surface area contributed by atoms with Crippen LogP contribution >= 0.6 is 0 Å². The molecule has 0 radical (unpaired) electrons. The molecule has 3 aromatic heterocycles. The zero-order valence-electron chi connectivity index (χ0n) is 14.5. The number of H-pyrrole nitrogens is 2. The van der Waals surface area contributed by atoms with Crippen molar-refractivity contribution in [1.29, 1.82) is 0 Å². The number of carbonyl (C=O) groups excluding carboxylic acids is 1. The highest BCUT2D eigenvalue weighted by Gasteiger charge is 2.10. The van der Waals surface area contributed by atoms with Crippen molar-refractivity contribution in [3.63, 3.8) is 0 Å². The minimum atomic E-state index is -0.389. The van der Waals surface area contributed by atoms with Crippen LogP contribution in [-0.2, 0) is 17.8 Å². The van der Waals surface area contributed by atoms with Gasteiger partial charge < -0.3 is 20.6 Å². The van der Waals surface area contributed by atoms with E-state index in [4.69, 9.17) is 5.73 Å². The van der Waals surface area contributed by atoms with Crippen LogP contribution in [0.15, 0.2) is 41.6 Å². The minimum Gasteiger partial charge on any atom is -0.369 e. The van der Waals surface area contributed by atoms with Gasteiger partial charge in [-0.05, 0) is 18.1 Å². The summed E-state index contributed by atoms with van der Waals surface area (Å²) in [5.41, 5.74) is 8.03. The van der Waals surface area contributed by atoms with Gasteiger partial charge >= 0.3 is 0 Å². The second-order valence-corrected chi connectivity index (χ2v) is 6.27. The third-order valence-electron chi connectivity index (χ3n) is 4.46. The van der Waals surface area contributed by atoms with Crippen LogP contribution in [0.25, 0.3) is 22.1 Å². The zero-order valence-corrected chi connectivity index (χ0v) is 14.5. The van der Waals surface area contributed by atoms with Crippen LogP contribution in [0, 0.1) is 0 Å². The molecular formula is C18H19N7O2. The van der Waals surface area contributed by atoms with E-state index in [0.717, 1.165) is 11.9 Å². The maximum atomic E-state index is 12.1. The summed E-state index contributed by atoms with van der Waals surface area (Å²) >= 11 is 0. The fourth-order valence-electron chi connectivity index (χ4n) is 3.12. The predicted molar refractivity (Wildman–Crippen MR) is 102 cm³/mol. The summed E-state index contributed by atoms with van der Waals surface area (Å²) in [5, 5.41) is 4.09. The molecule has 4 aromatic rings. The van der Waals surface area contributed by atoms with Gasteiger partial charge in [0.05, 0.1) is 6.33 Å². The van der Waals surface area contributed by atoms with Crippen molar-refractivity contribution < 1.29 is 4.79 Å². The highest BCUT2D eigenvalue weighted by Crippen LogP contribution is 2.17. The number of nitrogens with zero attached hydrogens (tertiary/aromatic N) is 3. The lowest BCUT2D eigenvalue weighted by atomic mass is 10.1. The number of aromatic amines is 2. The van der Waals surface area contributed by atoms with E-state index in [1.54, 1.807) is 4.57 Å². The number of aromatic nitrogens is 5. The quantitative estimate of drug-likeness (QED) is 0.403. The molecule has 0 atom stereocenters. The molecule has 9 nitrogen and oxygen atoms in total. The van der Waals surface area contributed by atoms with Gasteiger partial charge in [-0.25, -0.2) is 4.98 Å². The molecule has 0 bridgehead atoms. The highest BCUT2D eigenvalue weighted by atomic mass is 16.1. The Morgan fingerprint density at radius 2 is 2.15 bits per heavy atom. The third kappa shape index (κ3) is 3.39. The number of nitrogens with two attached hydrogens (primary N) is 1. The number of nitrogen functional groups attached to an aromatic ring is 1. The van der Waals surface area contributed by atoms with Gasteiger partial charge in [-0.2, -0.15) is 4.98 Å². The van der Waals surface area contributed by atoms with E-state index in [1.807, 2.05) is 24.4 Å². The molecule has 0 spiro atoms. The molecule has 0 aliphatic rings. The number of hydrogen-bond donors (Lipinski definition) is 4. The number of anilines is 1. The fourth-order valence-corrected chi connectivity index (χ4v) is 3.12. The second-order valence-electron chi connectivity index (χ2n) is 6.27. The Kier molecular flexibility index (Phi) is 4.33. The van der Waals surface area contributed by atoms with Gasteiger partial charge in [0.15, 0.2) is 11.2 Å². The summed E-state index contributed by atoms with van der Waals surface area (Å²) in [5.74, 6) is -0.0491. The van der Waals surface area contributed by atoms with Crippen LogP contribution in [-0.4, -0.2) is 37.0 Å². The van der Waals surface area contributed by atoms with Gasteiger partial charge in [-0.15, -0.1) is 0 Å². The van der Waals surface area contributed by atoms with E-state index in [9.17, 15) is 9.59 Å². The molecule has 0 unspecified atom stereocenters. The largest absolute Gasteiger partial charge is 0.369 e. The second kappa shape index (κ2) is 6.94. The van der Waals surface area contributed by atoms with Crippen molar-refractivity contribution in [3.05, 3.63) is 52.7 Å². The predicted octanol–water partition coefficient (Wildman–Crippen LogP) is 0.932. The normalized spacial score (nSPS) is 11.3. The average molecular weight is 365 g/mol. The molecule has 0 saturated carbocycles. The number of carbonyl (C=O) groups is 1. The van der Waals surface area contributed by atoms with Gasteiger partial charge in [0.1, 0.15) is 0 Å². The number of nitrogens with one attached hydrogen (secondary N) is 3. The summed E-state index contributed by atoms with van der Waals surface area (Å²) in [4.78, 5) is 37.6. The number of fused-ring (bicyclic) bond motifs is 2. The smallest absolute Gasteiger partial charge is 0.280 e. The van der Waals surface area contributed by atoms with Crippen LogP contribution in [0.5, 0.6) is 0 Å². The minimum absolute atomic E-state index is 0.0254. The summed E-state index contributed by atoms with van der Waals surface area (Å²) in [7, 11) is 0. The first kappa shape index (κ1) is 16.8. The standard InChI is InChI=1S/C18H19N7O2/c19-18-23-16-15(17(27)24-18)22-10-25(16)8-6-14(26)20-7-5-11-9-21-13-4-2-1-3-12(11)13/h1-4,9-10,21H,5-8H2,(H,20,26)(H3,19,23,24,27). The Morgan fingerprint density at radius 3 is 3.04 bits per heavy atom. The number of rotatable bonds is 6. The summed E-state index contributed by atoms with van der Waals surface area (Å²) in [6.45, 7) is 0.918. The molecule has 3 heterocycles. The van der Waals surface area contributed by atoms with E-state index in [0.29, 0.717) is 18.7 Å². The molecule has 1 amide bonds. The number of amides is 1. The number of imidazole rings is 1. The van der Waals surface area contributed by atoms with E-state index < -0.39 is 0 Å². The molecule has 0 saturated heterocycles. The van der Waals surface area contributed by atoms with E-state index in [-0.39, 0.29) is 29.4 Å². The number of aryl methyl sites for hydroxylation is 1. The van der Waals surface area contributed by atoms with Gasteiger partial charge in [-0.1, -0.05) is 18.2 Å². The number of para-hydroxylation sites is 1. The fraction of sp³-hybridized carbons (Fsp3) is 0.222. The van der Waals surface area contributed by atoms with Crippen LogP contribution < -0.4 is 16.6 Å². The Hall–Kier alpha value is -3.62. The first-order valence-electron chi connectivity index (χ1n) is 8.64. The van der Waals surface area contributed by atoms with Crippen molar-refractivity contribution in [2.45, 2.75) is 19.4 Å². The lowest BCUT2D eigenvalue weighted by Gasteiger charge is -2.06. The van der Waals surface area contributed by atoms with Crippen LogP contribution in [0.1, 0.15) is 12.0 Å². The van der Waals surface area contributed by atoms with Crippen molar-refractivity contribution in [3.8, 4) is 0 Å². The molecule has 5 N–H and O–H groups in total. The monoisotopic (exact) mass is 365 g/mol. The van der Waals surface area contributed by atoms with Crippen LogP contribution in [0.4, 0.5) is 5.95 Å². The Bertz CT molecular complexity index is 1170. The van der Waals surface area contributed by atoms with Crippen molar-refractivity contribution >= 4 is 33.9 Å². The molecule has 4 rings (SSSR count). The third-order valence-corrected chi connectivity index (χ3v) is 4.46. The van der Waals surface area contributed by atoms with E-state index in [2.05, 4.69) is 31.3 Å². The maximum Gasteiger partial charge on any atom is 0.280 e. The molecule has 9 heteroatoms. The van der Waals surface area contributed by atoms with E-state index in [1.165, 1.54) is 17.3 Å². The average Bonchev–Trinajstić information content (AvgIpc) is 3.24. The Morgan fingerprint density at radius 1 is 1.30 bits per heavy atom. The van der Waals surface area contributed by atoms with Gasteiger partial charge in [-0.3, -0.25) is 14.6 Å². The molecule has 1 aromatic carbocycles. The lowest BCUT2D eigenvalue weighted by molar-refractivity contribution is -0.121. The Labute approximate surface area is 153 Å². The molecule has 0 aliphatic heterocycles. The van der Waals surface area contributed by atoms with E-state index >= 15 is 0 Å². The molecule has 0 fully saturated rings. The first-order chi connectivity index (χ1) is 13.1. The zero-order chi connectivity index (χ0) is 18.8. The number of benzene rings is 1. The van der Waals surface area contributed by atoms with Gasteiger partial charge in [0, 0.05) is 36.6 Å². The van der Waals surface area contributed by atoms with Crippen LogP contribution in [0.3, 0.4) is 0 Å². The SMILES string of the molecule is Nc1nc2c(ncn2CCC(=O)NCCc2c[nH]c3ccccc23)c(=O)[nH]1. The highest BCUT2D eigenvalue weighted by molar-refractivity contribution is 5.83. The summed E-state index contributed by atoms with van der Waals surface area (Å²) < 4.78 is 1.65. The van der Waals surface area contributed by atoms with Crippen LogP contribution in [0.2, 0.25) is 0 Å². The molecule has 138 valence electrons. The lowest BCUT2D eigenvalue weighted by Crippen LogP contribution is -2.26. The van der Waals surface area contributed by atoms with Gasteiger partial charge in [0.25, 0.3) is 5.56 Å².